The van der Waals surface area contributed by atoms with Gasteiger partial charge >= 0.3 is 6.03 Å². The average Bonchev–Trinajstić information content (AvgIpc) is 2.26. The topological polar surface area (TPSA) is 78.4 Å². The Morgan fingerprint density at radius 2 is 2.19 bits per heavy atom. The molecule has 0 aliphatic rings. The number of carbonyl (C=O) groups is 2. The van der Waals surface area contributed by atoms with E-state index in [2.05, 4.69) is 10.6 Å². The fourth-order valence-electron chi connectivity index (χ4n) is 0.947. The van der Waals surface area contributed by atoms with Gasteiger partial charge < -0.3 is 10.4 Å². The largest absolute Gasteiger partial charge is 0.508 e. The summed E-state index contributed by atoms with van der Waals surface area (Å²) in [6.07, 6.45) is 0. The molecule has 1 rings (SSSR count). The van der Waals surface area contributed by atoms with Gasteiger partial charge in [-0.3, -0.25) is 10.1 Å². The molecule has 0 spiro atoms. The number of carbonyl (C=O) groups excluding carboxylic acids is 2. The predicted octanol–water partition coefficient (Wildman–Crippen LogP) is 0.940. The Hall–Kier alpha value is -1.69. The SMILES string of the molecule is CNC(=O)NC(=O)CSc1cccc(O)c1. The number of amides is 3. The van der Waals surface area contributed by atoms with Gasteiger partial charge in [-0.05, 0) is 18.2 Å². The van der Waals surface area contributed by atoms with Crippen LogP contribution in [0.1, 0.15) is 0 Å². The first-order valence-electron chi connectivity index (χ1n) is 4.55. The summed E-state index contributed by atoms with van der Waals surface area (Å²) in [7, 11) is 1.44. The van der Waals surface area contributed by atoms with Crippen molar-refractivity contribution >= 4 is 23.7 Å². The van der Waals surface area contributed by atoms with Gasteiger partial charge in [0.25, 0.3) is 0 Å². The van der Waals surface area contributed by atoms with E-state index in [0.29, 0.717) is 0 Å². The number of phenols is 1. The molecule has 0 radical (unpaired) electrons. The summed E-state index contributed by atoms with van der Waals surface area (Å²) in [6, 6.07) is 6.04. The molecule has 0 fully saturated rings. The summed E-state index contributed by atoms with van der Waals surface area (Å²) in [5.41, 5.74) is 0. The molecule has 6 heteroatoms. The van der Waals surface area contributed by atoms with E-state index in [0.717, 1.165) is 4.90 Å². The summed E-state index contributed by atoms with van der Waals surface area (Å²) < 4.78 is 0. The lowest BCUT2D eigenvalue weighted by Gasteiger charge is -2.03. The Balaban J connectivity index is 2.40. The van der Waals surface area contributed by atoms with Gasteiger partial charge in [-0.1, -0.05) is 6.07 Å². The zero-order chi connectivity index (χ0) is 12.0. The second-order valence-corrected chi connectivity index (χ2v) is 3.96. The highest BCUT2D eigenvalue weighted by molar-refractivity contribution is 8.00. The van der Waals surface area contributed by atoms with Crippen LogP contribution in [0, 0.1) is 0 Å². The van der Waals surface area contributed by atoms with Crippen LogP contribution in [0.2, 0.25) is 0 Å². The average molecular weight is 240 g/mol. The van der Waals surface area contributed by atoms with Crippen LogP contribution in [0.25, 0.3) is 0 Å². The van der Waals surface area contributed by atoms with Crippen molar-refractivity contribution in [1.82, 2.24) is 10.6 Å². The van der Waals surface area contributed by atoms with E-state index in [1.165, 1.54) is 18.8 Å². The summed E-state index contributed by atoms with van der Waals surface area (Å²) in [5, 5.41) is 13.6. The molecule has 0 atom stereocenters. The van der Waals surface area contributed by atoms with E-state index in [9.17, 15) is 14.7 Å². The van der Waals surface area contributed by atoms with Crippen molar-refractivity contribution in [3.05, 3.63) is 24.3 Å². The van der Waals surface area contributed by atoms with Crippen LogP contribution in [-0.4, -0.2) is 29.8 Å². The van der Waals surface area contributed by atoms with Crippen molar-refractivity contribution in [3.63, 3.8) is 0 Å². The maximum Gasteiger partial charge on any atom is 0.321 e. The van der Waals surface area contributed by atoms with E-state index in [-0.39, 0.29) is 17.4 Å². The lowest BCUT2D eigenvalue weighted by molar-refractivity contribution is -0.117. The highest BCUT2D eigenvalue weighted by Gasteiger charge is 2.06. The van der Waals surface area contributed by atoms with Gasteiger partial charge in [-0.2, -0.15) is 0 Å². The molecule has 0 aromatic heterocycles. The maximum atomic E-state index is 11.2. The van der Waals surface area contributed by atoms with Crippen molar-refractivity contribution in [1.29, 1.82) is 0 Å². The van der Waals surface area contributed by atoms with Crippen molar-refractivity contribution in [2.75, 3.05) is 12.8 Å². The first-order chi connectivity index (χ1) is 7.61. The second-order valence-electron chi connectivity index (χ2n) is 2.91. The lowest BCUT2D eigenvalue weighted by Crippen LogP contribution is -2.38. The molecule has 0 aliphatic carbocycles. The van der Waals surface area contributed by atoms with Gasteiger partial charge in [0.15, 0.2) is 0 Å². The minimum absolute atomic E-state index is 0.122. The van der Waals surface area contributed by atoms with Crippen LogP contribution < -0.4 is 10.6 Å². The third-order valence-corrected chi connectivity index (χ3v) is 2.66. The molecule has 86 valence electrons. The third kappa shape index (κ3) is 4.22. The normalized spacial score (nSPS) is 9.56. The molecule has 0 bridgehead atoms. The molecule has 1 aromatic rings. The zero-order valence-electron chi connectivity index (χ0n) is 8.69. The van der Waals surface area contributed by atoms with Gasteiger partial charge in [0, 0.05) is 11.9 Å². The van der Waals surface area contributed by atoms with Gasteiger partial charge in [0.2, 0.25) is 5.91 Å². The molecular weight excluding hydrogens is 228 g/mol. The quantitative estimate of drug-likeness (QED) is 0.687. The van der Waals surface area contributed by atoms with Crippen molar-refractivity contribution < 1.29 is 14.7 Å². The highest BCUT2D eigenvalue weighted by Crippen LogP contribution is 2.21. The van der Waals surface area contributed by atoms with Gasteiger partial charge in [-0.25, -0.2) is 4.79 Å². The summed E-state index contributed by atoms with van der Waals surface area (Å²) in [5.74, 6) is -0.110. The number of rotatable bonds is 3. The molecule has 1 aromatic carbocycles. The molecule has 16 heavy (non-hydrogen) atoms. The standard InChI is InChI=1S/C10H12N2O3S/c1-11-10(15)12-9(14)6-16-8-4-2-3-7(13)5-8/h2-5,13H,6H2,1H3,(H2,11,12,14,15). The molecule has 0 saturated carbocycles. The van der Waals surface area contributed by atoms with E-state index in [1.807, 2.05) is 0 Å². The van der Waals surface area contributed by atoms with Crippen LogP contribution in [-0.2, 0) is 4.79 Å². The summed E-state index contributed by atoms with van der Waals surface area (Å²) >= 11 is 1.24. The van der Waals surface area contributed by atoms with Crippen LogP contribution in [0.15, 0.2) is 29.2 Å². The zero-order valence-corrected chi connectivity index (χ0v) is 9.50. The number of benzene rings is 1. The Morgan fingerprint density at radius 1 is 1.44 bits per heavy atom. The third-order valence-electron chi connectivity index (χ3n) is 1.67. The number of hydrogen-bond acceptors (Lipinski definition) is 4. The van der Waals surface area contributed by atoms with Crippen LogP contribution in [0.3, 0.4) is 0 Å². The molecule has 0 heterocycles. The Morgan fingerprint density at radius 3 is 2.81 bits per heavy atom. The van der Waals surface area contributed by atoms with E-state index >= 15 is 0 Å². The van der Waals surface area contributed by atoms with Crippen LogP contribution >= 0.6 is 11.8 Å². The first-order valence-corrected chi connectivity index (χ1v) is 5.54. The number of imide groups is 1. The number of phenolic OH excluding ortho intramolecular Hbond substituents is 1. The monoisotopic (exact) mass is 240 g/mol. The van der Waals surface area contributed by atoms with E-state index in [4.69, 9.17) is 0 Å². The molecule has 0 saturated heterocycles. The number of nitrogens with one attached hydrogen (secondary N) is 2. The smallest absolute Gasteiger partial charge is 0.321 e. The Bertz CT molecular complexity index is 395. The fraction of sp³-hybridized carbons (Fsp3) is 0.200. The minimum atomic E-state index is -0.526. The van der Waals surface area contributed by atoms with Crippen molar-refractivity contribution in [3.8, 4) is 5.75 Å². The van der Waals surface area contributed by atoms with E-state index in [1.54, 1.807) is 24.3 Å². The van der Waals surface area contributed by atoms with Crippen molar-refractivity contribution in [2.24, 2.45) is 0 Å². The maximum absolute atomic E-state index is 11.2. The number of aromatic hydroxyl groups is 1. The summed E-state index contributed by atoms with van der Waals surface area (Å²) in [6.45, 7) is 0. The number of hydrogen-bond donors (Lipinski definition) is 3. The van der Waals surface area contributed by atoms with Gasteiger partial charge in [-0.15, -0.1) is 11.8 Å². The van der Waals surface area contributed by atoms with Crippen LogP contribution in [0.4, 0.5) is 4.79 Å². The Kier molecular flexibility index (Phi) is 4.65. The number of urea groups is 1. The molecule has 5 nitrogen and oxygen atoms in total. The van der Waals surface area contributed by atoms with Gasteiger partial charge in [0.1, 0.15) is 5.75 Å². The fourth-order valence-corrected chi connectivity index (χ4v) is 1.70. The minimum Gasteiger partial charge on any atom is -0.508 e. The second kappa shape index (κ2) is 6.02. The Labute approximate surface area is 97.2 Å². The first kappa shape index (κ1) is 12.4. The van der Waals surface area contributed by atoms with Crippen LogP contribution in [0.5, 0.6) is 5.75 Å². The molecular formula is C10H12N2O3S. The number of thioether (sulfide) groups is 1. The van der Waals surface area contributed by atoms with Crippen molar-refractivity contribution in [2.45, 2.75) is 4.90 Å². The van der Waals surface area contributed by atoms with Gasteiger partial charge in [0.05, 0.1) is 5.75 Å². The highest BCUT2D eigenvalue weighted by atomic mass is 32.2. The predicted molar refractivity (Wildman–Crippen MR) is 61.4 cm³/mol. The van der Waals surface area contributed by atoms with E-state index < -0.39 is 6.03 Å². The summed E-state index contributed by atoms with van der Waals surface area (Å²) in [4.78, 5) is 22.8. The molecule has 0 aliphatic heterocycles. The molecule has 0 unspecified atom stereocenters. The molecule has 3 N–H and O–H groups in total. The molecule has 3 amide bonds. The lowest BCUT2D eigenvalue weighted by atomic mass is 10.3.